The fourth-order valence-corrected chi connectivity index (χ4v) is 4.89. The summed E-state index contributed by atoms with van der Waals surface area (Å²) in [6.45, 7) is 0. The summed E-state index contributed by atoms with van der Waals surface area (Å²) in [4.78, 5) is 47.1. The SMILES string of the molecule is O=C(O)CC1(CC(=O)OC(=O)CC2(CC(=O)O)CCCCC2)CCCCC1. The number of ether oxygens (including phenoxy) is 1. The Hall–Kier alpha value is -1.92. The van der Waals surface area contributed by atoms with Gasteiger partial charge >= 0.3 is 23.9 Å². The van der Waals surface area contributed by atoms with Crippen LogP contribution in [-0.2, 0) is 23.9 Å². The van der Waals surface area contributed by atoms with E-state index >= 15 is 0 Å². The molecule has 0 saturated heterocycles. The van der Waals surface area contributed by atoms with E-state index in [9.17, 15) is 29.4 Å². The van der Waals surface area contributed by atoms with Gasteiger partial charge in [0, 0.05) is 0 Å². The number of rotatable bonds is 8. The molecule has 0 spiro atoms. The van der Waals surface area contributed by atoms with Gasteiger partial charge in [-0.05, 0) is 36.5 Å². The lowest BCUT2D eigenvalue weighted by molar-refractivity contribution is -0.164. The van der Waals surface area contributed by atoms with Gasteiger partial charge in [0.15, 0.2) is 0 Å². The minimum Gasteiger partial charge on any atom is -0.481 e. The number of esters is 2. The number of carboxylic acid groups (broad SMARTS) is 2. The molecule has 2 saturated carbocycles. The van der Waals surface area contributed by atoms with Crippen LogP contribution in [0.3, 0.4) is 0 Å². The zero-order chi connectivity index (χ0) is 19.9. The highest BCUT2D eigenvalue weighted by Gasteiger charge is 2.40. The van der Waals surface area contributed by atoms with Gasteiger partial charge in [-0.25, -0.2) is 0 Å². The van der Waals surface area contributed by atoms with E-state index in [-0.39, 0.29) is 25.7 Å². The van der Waals surface area contributed by atoms with Crippen LogP contribution in [0.25, 0.3) is 0 Å². The highest BCUT2D eigenvalue weighted by molar-refractivity contribution is 5.86. The average Bonchev–Trinajstić information content (AvgIpc) is 2.54. The molecule has 2 aliphatic carbocycles. The Labute approximate surface area is 159 Å². The van der Waals surface area contributed by atoms with Crippen LogP contribution in [-0.4, -0.2) is 34.1 Å². The Morgan fingerprint density at radius 2 is 0.926 bits per heavy atom. The molecule has 2 aliphatic rings. The topological polar surface area (TPSA) is 118 Å². The van der Waals surface area contributed by atoms with Gasteiger partial charge in [0.25, 0.3) is 0 Å². The molecule has 0 aromatic heterocycles. The zero-order valence-corrected chi connectivity index (χ0v) is 15.8. The van der Waals surface area contributed by atoms with Crippen molar-refractivity contribution in [3.63, 3.8) is 0 Å². The molecule has 0 bridgehead atoms. The van der Waals surface area contributed by atoms with Crippen molar-refractivity contribution in [2.75, 3.05) is 0 Å². The number of hydrogen-bond acceptors (Lipinski definition) is 5. The largest absolute Gasteiger partial charge is 0.481 e. The Morgan fingerprint density at radius 3 is 1.22 bits per heavy atom. The van der Waals surface area contributed by atoms with Gasteiger partial charge in [0.1, 0.15) is 0 Å². The lowest BCUT2D eigenvalue weighted by atomic mass is 9.69. The number of carbonyl (C=O) groups is 4. The van der Waals surface area contributed by atoms with E-state index in [1.807, 2.05) is 0 Å². The summed E-state index contributed by atoms with van der Waals surface area (Å²) in [5.74, 6) is -3.27. The predicted octanol–water partition coefficient (Wildman–Crippen LogP) is 3.69. The van der Waals surface area contributed by atoms with Crippen LogP contribution in [0.5, 0.6) is 0 Å². The summed E-state index contributed by atoms with van der Waals surface area (Å²) in [5, 5.41) is 18.4. The van der Waals surface area contributed by atoms with Crippen molar-refractivity contribution in [1.29, 1.82) is 0 Å². The first-order chi connectivity index (χ1) is 12.7. The number of carbonyl (C=O) groups excluding carboxylic acids is 2. The molecule has 7 heteroatoms. The second-order valence-corrected chi connectivity index (χ2v) is 8.46. The third-order valence-electron chi connectivity index (χ3n) is 6.15. The molecular formula is C20H30O7. The molecule has 2 rings (SSSR count). The fourth-order valence-electron chi connectivity index (χ4n) is 4.89. The maximum atomic E-state index is 12.3. The molecule has 27 heavy (non-hydrogen) atoms. The molecule has 7 nitrogen and oxygen atoms in total. The fraction of sp³-hybridized carbons (Fsp3) is 0.800. The first-order valence-corrected chi connectivity index (χ1v) is 9.91. The first kappa shape index (κ1) is 21.4. The van der Waals surface area contributed by atoms with E-state index in [1.165, 1.54) is 0 Å². The van der Waals surface area contributed by atoms with Crippen molar-refractivity contribution in [2.24, 2.45) is 10.8 Å². The van der Waals surface area contributed by atoms with Crippen molar-refractivity contribution in [3.05, 3.63) is 0 Å². The van der Waals surface area contributed by atoms with Crippen molar-refractivity contribution >= 4 is 23.9 Å². The van der Waals surface area contributed by atoms with Crippen LogP contribution in [0.1, 0.15) is 89.9 Å². The molecule has 0 aromatic carbocycles. The first-order valence-electron chi connectivity index (χ1n) is 9.91. The van der Waals surface area contributed by atoms with E-state index < -0.39 is 34.7 Å². The summed E-state index contributed by atoms with van der Waals surface area (Å²) in [6.07, 6.45) is 7.76. The van der Waals surface area contributed by atoms with Gasteiger partial charge in [-0.2, -0.15) is 0 Å². The summed E-state index contributed by atoms with van der Waals surface area (Å²) >= 11 is 0. The van der Waals surface area contributed by atoms with Gasteiger partial charge in [0.2, 0.25) is 0 Å². The number of carboxylic acids is 2. The molecule has 0 unspecified atom stereocenters. The maximum Gasteiger partial charge on any atom is 0.314 e. The Bertz CT molecular complexity index is 519. The summed E-state index contributed by atoms with van der Waals surface area (Å²) in [7, 11) is 0. The van der Waals surface area contributed by atoms with Crippen molar-refractivity contribution < 1.29 is 34.1 Å². The Morgan fingerprint density at radius 1 is 0.593 bits per heavy atom. The van der Waals surface area contributed by atoms with Gasteiger partial charge in [0.05, 0.1) is 25.7 Å². The quantitative estimate of drug-likeness (QED) is 0.485. The van der Waals surface area contributed by atoms with Crippen molar-refractivity contribution in [2.45, 2.75) is 89.9 Å². The molecule has 152 valence electrons. The maximum absolute atomic E-state index is 12.3. The summed E-state index contributed by atoms with van der Waals surface area (Å²) < 4.78 is 5.01. The predicted molar refractivity (Wildman–Crippen MR) is 95.9 cm³/mol. The number of hydrogen-bond donors (Lipinski definition) is 2. The van der Waals surface area contributed by atoms with Crippen LogP contribution in [0.15, 0.2) is 0 Å². The minimum atomic E-state index is -0.946. The summed E-state index contributed by atoms with van der Waals surface area (Å²) in [6, 6.07) is 0. The Balaban J connectivity index is 1.95. The van der Waals surface area contributed by atoms with Crippen molar-refractivity contribution in [1.82, 2.24) is 0 Å². The lowest BCUT2D eigenvalue weighted by Gasteiger charge is -2.36. The lowest BCUT2D eigenvalue weighted by Crippen LogP contribution is -2.34. The van der Waals surface area contributed by atoms with E-state index in [2.05, 4.69) is 0 Å². The Kier molecular flexibility index (Phi) is 7.39. The number of aliphatic carboxylic acids is 2. The molecule has 2 N–H and O–H groups in total. The second-order valence-electron chi connectivity index (χ2n) is 8.46. The van der Waals surface area contributed by atoms with Gasteiger partial charge < -0.3 is 14.9 Å². The highest BCUT2D eigenvalue weighted by Crippen LogP contribution is 2.44. The molecule has 0 amide bonds. The van der Waals surface area contributed by atoms with Crippen LogP contribution in [0.4, 0.5) is 0 Å². The second kappa shape index (κ2) is 9.33. The van der Waals surface area contributed by atoms with E-state index in [1.54, 1.807) is 0 Å². The summed E-state index contributed by atoms with van der Waals surface area (Å²) in [5.41, 5.74) is -1.27. The van der Waals surface area contributed by atoms with Crippen LogP contribution in [0, 0.1) is 10.8 Å². The minimum absolute atomic E-state index is 0.0724. The normalized spacial score (nSPS) is 21.2. The molecule has 0 radical (unpaired) electrons. The van der Waals surface area contributed by atoms with Crippen LogP contribution < -0.4 is 0 Å². The molecule has 0 heterocycles. The zero-order valence-electron chi connectivity index (χ0n) is 15.8. The molecule has 2 fully saturated rings. The average molecular weight is 382 g/mol. The monoisotopic (exact) mass is 382 g/mol. The van der Waals surface area contributed by atoms with Crippen LogP contribution in [0.2, 0.25) is 0 Å². The van der Waals surface area contributed by atoms with Crippen molar-refractivity contribution in [3.8, 4) is 0 Å². The molecule has 0 atom stereocenters. The van der Waals surface area contributed by atoms with Crippen LogP contribution >= 0.6 is 0 Å². The smallest absolute Gasteiger partial charge is 0.314 e. The molecular weight excluding hydrogens is 352 g/mol. The van der Waals surface area contributed by atoms with Gasteiger partial charge in [-0.3, -0.25) is 19.2 Å². The van der Waals surface area contributed by atoms with E-state index in [4.69, 9.17) is 4.74 Å². The molecule has 0 aliphatic heterocycles. The highest BCUT2D eigenvalue weighted by atomic mass is 16.6. The standard InChI is InChI=1S/C20H30O7/c21-15(22)11-19(7-3-1-4-8-19)13-17(25)27-18(26)14-20(12-16(23)24)9-5-2-6-10-20/h1-14H2,(H,21,22)(H,23,24). The molecule has 0 aromatic rings. The van der Waals surface area contributed by atoms with E-state index in [0.717, 1.165) is 38.5 Å². The van der Waals surface area contributed by atoms with Gasteiger partial charge in [-0.15, -0.1) is 0 Å². The third-order valence-corrected chi connectivity index (χ3v) is 6.15. The van der Waals surface area contributed by atoms with E-state index in [0.29, 0.717) is 25.7 Å². The van der Waals surface area contributed by atoms with Gasteiger partial charge in [-0.1, -0.05) is 38.5 Å². The third kappa shape index (κ3) is 6.63.